The van der Waals surface area contributed by atoms with Crippen molar-refractivity contribution in [2.75, 3.05) is 5.32 Å². The highest BCUT2D eigenvalue weighted by atomic mass is 16.5. The average Bonchev–Trinajstić information content (AvgIpc) is 2.71. The highest BCUT2D eigenvalue weighted by molar-refractivity contribution is 6.01. The van der Waals surface area contributed by atoms with E-state index in [1.54, 1.807) is 24.3 Å². The number of amides is 1. The van der Waals surface area contributed by atoms with Crippen molar-refractivity contribution in [2.24, 2.45) is 0 Å². The lowest BCUT2D eigenvalue weighted by molar-refractivity contribution is -0.116. The fourth-order valence-corrected chi connectivity index (χ4v) is 2.97. The van der Waals surface area contributed by atoms with Crippen LogP contribution in [0.5, 0.6) is 11.5 Å². The maximum Gasteiger partial charge on any atom is 0.224 e. The van der Waals surface area contributed by atoms with Crippen LogP contribution in [0.3, 0.4) is 0 Å². The van der Waals surface area contributed by atoms with E-state index in [0.717, 1.165) is 16.9 Å². The van der Waals surface area contributed by atoms with E-state index in [9.17, 15) is 9.59 Å². The van der Waals surface area contributed by atoms with Gasteiger partial charge < -0.3 is 10.1 Å². The molecule has 0 aliphatic rings. The topological polar surface area (TPSA) is 55.4 Å². The number of hydrogen-bond donors (Lipinski definition) is 1. The van der Waals surface area contributed by atoms with Crippen molar-refractivity contribution in [1.29, 1.82) is 0 Å². The van der Waals surface area contributed by atoms with Gasteiger partial charge in [-0.1, -0.05) is 35.4 Å². The summed E-state index contributed by atoms with van der Waals surface area (Å²) in [5.41, 5.74) is 4.51. The quantitative estimate of drug-likeness (QED) is 0.505. The van der Waals surface area contributed by atoms with E-state index in [2.05, 4.69) is 5.32 Å². The Bertz CT molecular complexity index is 1010. The Morgan fingerprint density at radius 2 is 1.34 bits per heavy atom. The van der Waals surface area contributed by atoms with Crippen LogP contribution in [0.1, 0.15) is 39.9 Å². The predicted octanol–water partition coefficient (Wildman–Crippen LogP) is 6.01. The first-order chi connectivity index (χ1) is 13.9. The summed E-state index contributed by atoms with van der Waals surface area (Å²) in [5, 5.41) is 2.83. The second kappa shape index (κ2) is 9.20. The first-order valence-corrected chi connectivity index (χ1v) is 9.65. The normalized spacial score (nSPS) is 10.4. The van der Waals surface area contributed by atoms with Gasteiger partial charge in [-0.3, -0.25) is 9.59 Å². The van der Waals surface area contributed by atoms with Gasteiger partial charge in [0.25, 0.3) is 0 Å². The number of ketones is 1. The SMILES string of the molecule is Cc1ccc(Oc2ccc(NC(=O)CCC(=O)c3cc(C)ccc3C)cc2)cc1. The number of carbonyl (C=O) groups is 2. The van der Waals surface area contributed by atoms with Gasteiger partial charge in [0.15, 0.2) is 5.78 Å². The fourth-order valence-electron chi connectivity index (χ4n) is 2.97. The van der Waals surface area contributed by atoms with Crippen molar-refractivity contribution in [3.05, 3.63) is 89.0 Å². The first kappa shape index (κ1) is 20.3. The van der Waals surface area contributed by atoms with Gasteiger partial charge in [-0.15, -0.1) is 0 Å². The summed E-state index contributed by atoms with van der Waals surface area (Å²) in [6.45, 7) is 5.89. The van der Waals surface area contributed by atoms with E-state index < -0.39 is 0 Å². The molecule has 0 aliphatic carbocycles. The Morgan fingerprint density at radius 3 is 2.00 bits per heavy atom. The zero-order valence-electron chi connectivity index (χ0n) is 17.0. The number of ether oxygens (including phenoxy) is 1. The van der Waals surface area contributed by atoms with Crippen LogP contribution in [0, 0.1) is 20.8 Å². The Hall–Kier alpha value is -3.40. The molecule has 0 aliphatic heterocycles. The van der Waals surface area contributed by atoms with Crippen molar-refractivity contribution in [1.82, 2.24) is 0 Å². The summed E-state index contributed by atoms with van der Waals surface area (Å²) >= 11 is 0. The standard InChI is InChI=1S/C25H25NO3/c1-17-5-10-21(11-6-17)29-22-12-8-20(9-13-22)26-25(28)15-14-24(27)23-16-18(2)4-7-19(23)3/h4-13,16H,14-15H2,1-3H3,(H,26,28). The zero-order chi connectivity index (χ0) is 20.8. The lowest BCUT2D eigenvalue weighted by Crippen LogP contribution is -2.14. The summed E-state index contributed by atoms with van der Waals surface area (Å²) in [5.74, 6) is 1.26. The molecular weight excluding hydrogens is 362 g/mol. The molecule has 0 fully saturated rings. The van der Waals surface area contributed by atoms with Crippen LogP contribution in [0.4, 0.5) is 5.69 Å². The molecule has 0 unspecified atom stereocenters. The molecule has 148 valence electrons. The average molecular weight is 387 g/mol. The summed E-state index contributed by atoms with van der Waals surface area (Å²) in [6, 6.07) is 20.8. The minimum Gasteiger partial charge on any atom is -0.457 e. The molecule has 0 saturated carbocycles. The molecule has 0 saturated heterocycles. The predicted molar refractivity (Wildman–Crippen MR) is 116 cm³/mol. The van der Waals surface area contributed by atoms with E-state index in [1.165, 1.54) is 5.56 Å². The maximum atomic E-state index is 12.4. The van der Waals surface area contributed by atoms with Gasteiger partial charge >= 0.3 is 0 Å². The molecule has 1 amide bonds. The molecule has 0 spiro atoms. The Kier molecular flexibility index (Phi) is 6.45. The smallest absolute Gasteiger partial charge is 0.224 e. The third-order valence-corrected chi connectivity index (χ3v) is 4.67. The number of rotatable bonds is 7. The van der Waals surface area contributed by atoms with Crippen LogP contribution in [-0.4, -0.2) is 11.7 Å². The second-order valence-corrected chi connectivity index (χ2v) is 7.23. The van der Waals surface area contributed by atoms with E-state index >= 15 is 0 Å². The maximum absolute atomic E-state index is 12.4. The fraction of sp³-hybridized carbons (Fsp3) is 0.200. The monoisotopic (exact) mass is 387 g/mol. The van der Waals surface area contributed by atoms with E-state index in [1.807, 2.05) is 63.2 Å². The van der Waals surface area contributed by atoms with Gasteiger partial charge in [0.05, 0.1) is 0 Å². The van der Waals surface area contributed by atoms with Crippen LogP contribution in [0.25, 0.3) is 0 Å². The van der Waals surface area contributed by atoms with Crippen LogP contribution in [-0.2, 0) is 4.79 Å². The van der Waals surface area contributed by atoms with Crippen molar-refractivity contribution >= 4 is 17.4 Å². The summed E-state index contributed by atoms with van der Waals surface area (Å²) in [7, 11) is 0. The highest BCUT2D eigenvalue weighted by Crippen LogP contribution is 2.23. The van der Waals surface area contributed by atoms with Crippen LogP contribution >= 0.6 is 0 Å². The molecule has 0 heterocycles. The van der Waals surface area contributed by atoms with E-state index in [-0.39, 0.29) is 24.5 Å². The number of aryl methyl sites for hydroxylation is 3. The van der Waals surface area contributed by atoms with Crippen molar-refractivity contribution in [3.63, 3.8) is 0 Å². The summed E-state index contributed by atoms with van der Waals surface area (Å²) < 4.78 is 5.78. The Morgan fingerprint density at radius 1 is 0.759 bits per heavy atom. The number of carbonyl (C=O) groups excluding carboxylic acids is 2. The number of hydrogen-bond acceptors (Lipinski definition) is 3. The molecular formula is C25H25NO3. The molecule has 0 aromatic heterocycles. The van der Waals surface area contributed by atoms with Gasteiger partial charge in [-0.2, -0.15) is 0 Å². The minimum absolute atomic E-state index is 0.0109. The first-order valence-electron chi connectivity index (χ1n) is 9.65. The number of anilines is 1. The molecule has 29 heavy (non-hydrogen) atoms. The summed E-state index contributed by atoms with van der Waals surface area (Å²) in [6.07, 6.45) is 0.332. The highest BCUT2D eigenvalue weighted by Gasteiger charge is 2.12. The van der Waals surface area contributed by atoms with Gasteiger partial charge in [-0.25, -0.2) is 0 Å². The number of Topliss-reactive ketones (excluding diaryl/α,β-unsaturated/α-hetero) is 1. The van der Waals surface area contributed by atoms with Gasteiger partial charge in [0.1, 0.15) is 11.5 Å². The number of nitrogens with one attached hydrogen (secondary N) is 1. The third kappa shape index (κ3) is 5.79. The minimum atomic E-state index is -0.184. The molecule has 1 N–H and O–H groups in total. The van der Waals surface area contributed by atoms with Crippen LogP contribution < -0.4 is 10.1 Å². The second-order valence-electron chi connectivity index (χ2n) is 7.23. The molecule has 0 atom stereocenters. The Labute approximate surface area is 171 Å². The molecule has 4 heteroatoms. The molecule has 4 nitrogen and oxygen atoms in total. The van der Waals surface area contributed by atoms with Gasteiger partial charge in [-0.05, 0) is 68.8 Å². The van der Waals surface area contributed by atoms with Crippen molar-refractivity contribution in [3.8, 4) is 11.5 Å². The molecule has 3 aromatic rings. The Balaban J connectivity index is 1.52. The number of benzene rings is 3. The summed E-state index contributed by atoms with van der Waals surface area (Å²) in [4.78, 5) is 24.6. The van der Waals surface area contributed by atoms with E-state index in [4.69, 9.17) is 4.74 Å². The van der Waals surface area contributed by atoms with Crippen molar-refractivity contribution in [2.45, 2.75) is 33.6 Å². The third-order valence-electron chi connectivity index (χ3n) is 4.67. The van der Waals surface area contributed by atoms with Gasteiger partial charge in [0.2, 0.25) is 5.91 Å². The molecule has 0 radical (unpaired) electrons. The molecule has 3 aromatic carbocycles. The lowest BCUT2D eigenvalue weighted by atomic mass is 9.99. The molecule has 0 bridgehead atoms. The van der Waals surface area contributed by atoms with E-state index in [0.29, 0.717) is 17.0 Å². The van der Waals surface area contributed by atoms with Crippen molar-refractivity contribution < 1.29 is 14.3 Å². The van der Waals surface area contributed by atoms with Crippen LogP contribution in [0.2, 0.25) is 0 Å². The largest absolute Gasteiger partial charge is 0.457 e. The van der Waals surface area contributed by atoms with Gasteiger partial charge in [0, 0.05) is 24.1 Å². The molecule has 3 rings (SSSR count). The zero-order valence-corrected chi connectivity index (χ0v) is 17.0. The lowest BCUT2D eigenvalue weighted by Gasteiger charge is -2.09. The van der Waals surface area contributed by atoms with Crippen LogP contribution in [0.15, 0.2) is 66.7 Å².